The smallest absolute Gasteiger partial charge is 0.164 e. The molecule has 125 heavy (non-hydrogen) atoms. The molecule has 9 rings (SSSR count). The van der Waals surface area contributed by atoms with E-state index in [9.17, 15) is 9.90 Å². The minimum Gasteiger partial charge on any atom is -0.396 e. The lowest BCUT2D eigenvalue weighted by atomic mass is 9.89. The number of nitrogens with one attached hydrogen (secondary N) is 3. The molecule has 9 heterocycles. The van der Waals surface area contributed by atoms with Gasteiger partial charge in [-0.15, -0.1) is 0 Å². The van der Waals surface area contributed by atoms with Crippen molar-refractivity contribution in [2.45, 2.75) is 468 Å². The number of nitrogens with two attached hydrogens (primary N) is 1. The van der Waals surface area contributed by atoms with Crippen molar-refractivity contribution in [3.63, 3.8) is 0 Å². The Labute approximate surface area is 782 Å². The van der Waals surface area contributed by atoms with E-state index in [-0.39, 0.29) is 6.04 Å². The van der Waals surface area contributed by atoms with Gasteiger partial charge in [0.2, 0.25) is 0 Å². The molecule has 0 aliphatic carbocycles. The molecule has 0 amide bonds. The molecular formula is C106H227N17O2. The summed E-state index contributed by atoms with van der Waals surface area (Å²) in [6, 6.07) is 15.1. The molecule has 9 saturated heterocycles. The third-order valence-electron chi connectivity index (χ3n) is 29.5. The molecule has 9 aliphatic heterocycles. The Balaban J connectivity index is 0.000000703. The van der Waals surface area contributed by atoms with Crippen molar-refractivity contribution >= 4 is 5.78 Å². The molecule has 0 aromatic carbocycles. The third kappa shape index (κ3) is 44.1. The number of aliphatic hydroxyl groups excluding tert-OH is 1. The SMILES string of the molecule is CC(C)C[C@H]1CN(C(C)C)C[C@H]1CO.CC(C)C[C@H]1CN(C(C)C)C[C@H]1N.CC(C)C[C@H]1CN(C(C)C)C[C@H]1N(C)C.CC(C)N1CCN(C(C)C)[C@@H](C)[C@H]1C.CC(C)N1C[C@@H](C)N(C(C)C)[C@@H](C)C1.CC(C)N1C[C@@H](C)N(C(C)C)[C@@H](C)C1.CC(C)N[C@H]1CN(C(C)C)CC1=O.CN[C@@H]1CN(C(C)C)C[C@@H]1CC(C)C.CN[C@H]1CN(C(C)C)C[C@@H]1CC(C)C. The number of hydrogen-bond acceptors (Lipinski definition) is 19. The lowest BCUT2D eigenvalue weighted by Crippen LogP contribution is -2.60. The summed E-state index contributed by atoms with van der Waals surface area (Å²) in [6.45, 7) is 117. The van der Waals surface area contributed by atoms with Crippen LogP contribution in [0.4, 0.5) is 0 Å². The Morgan fingerprint density at radius 1 is 0.328 bits per heavy atom. The van der Waals surface area contributed by atoms with Gasteiger partial charge in [0.1, 0.15) is 0 Å². The number of likely N-dealkylation sites (tertiary alicyclic amines) is 6. The molecule has 0 spiro atoms. The van der Waals surface area contributed by atoms with Crippen LogP contribution in [-0.2, 0) is 4.79 Å². The Morgan fingerprint density at radius 3 is 0.880 bits per heavy atom. The van der Waals surface area contributed by atoms with Gasteiger partial charge in [-0.05, 0) is 333 Å². The van der Waals surface area contributed by atoms with Crippen LogP contribution < -0.4 is 21.7 Å². The number of hydrogen-bond donors (Lipinski definition) is 5. The van der Waals surface area contributed by atoms with Gasteiger partial charge in [0.25, 0.3) is 0 Å². The van der Waals surface area contributed by atoms with Gasteiger partial charge in [0.15, 0.2) is 5.78 Å². The van der Waals surface area contributed by atoms with Gasteiger partial charge in [-0.1, -0.05) is 83.1 Å². The normalized spacial score (nSPS) is 29.8. The molecule has 748 valence electrons. The molecule has 0 bridgehead atoms. The van der Waals surface area contributed by atoms with Crippen LogP contribution in [0, 0.1) is 65.1 Å². The van der Waals surface area contributed by atoms with Crippen LogP contribution >= 0.6 is 0 Å². The van der Waals surface area contributed by atoms with E-state index in [1.54, 1.807) is 0 Å². The highest BCUT2D eigenvalue weighted by Gasteiger charge is 2.41. The van der Waals surface area contributed by atoms with Gasteiger partial charge in [-0.3, -0.25) is 58.7 Å². The number of carbonyl (C=O) groups excluding carboxylic acids is 1. The number of aliphatic hydroxyl groups is 1. The predicted molar refractivity (Wildman–Crippen MR) is 552 cm³/mol. The van der Waals surface area contributed by atoms with E-state index < -0.39 is 0 Å². The fourth-order valence-electron chi connectivity index (χ4n) is 22.3. The van der Waals surface area contributed by atoms with E-state index in [0.717, 1.165) is 78.9 Å². The highest BCUT2D eigenvalue weighted by Crippen LogP contribution is 2.33. The first-order chi connectivity index (χ1) is 57.9. The minimum absolute atomic E-state index is 0.0578. The molecule has 19 heteroatoms. The van der Waals surface area contributed by atoms with Gasteiger partial charge in [-0.25, -0.2) is 0 Å². The molecule has 0 unspecified atom stereocenters. The maximum absolute atomic E-state index is 11.5. The number of nitrogens with zero attached hydrogens (tertiary/aromatic N) is 13. The first kappa shape index (κ1) is 122. The number of likely N-dealkylation sites (N-methyl/N-ethyl adjacent to an activating group) is 3. The summed E-state index contributed by atoms with van der Waals surface area (Å²) in [5.41, 5.74) is 6.11. The fraction of sp³-hybridized carbons (Fsp3) is 0.991. The van der Waals surface area contributed by atoms with E-state index >= 15 is 0 Å². The van der Waals surface area contributed by atoms with Crippen LogP contribution in [0.2, 0.25) is 0 Å². The fourth-order valence-corrected chi connectivity index (χ4v) is 22.3. The topological polar surface area (TPSA) is 142 Å². The van der Waals surface area contributed by atoms with Crippen LogP contribution in [0.3, 0.4) is 0 Å². The zero-order valence-corrected chi connectivity index (χ0v) is 92.4. The highest BCUT2D eigenvalue weighted by molar-refractivity contribution is 5.88. The number of ketones is 1. The molecular weight excluding hydrogens is 1540 g/mol. The van der Waals surface area contributed by atoms with E-state index in [1.807, 2.05) is 0 Å². The molecule has 0 aromatic heterocycles. The van der Waals surface area contributed by atoms with Gasteiger partial charge in [-0.2, -0.15) is 0 Å². The number of rotatable bonds is 28. The van der Waals surface area contributed by atoms with E-state index in [2.05, 4.69) is 399 Å². The Kier molecular flexibility index (Phi) is 59.6. The predicted octanol–water partition coefficient (Wildman–Crippen LogP) is 17.1. The van der Waals surface area contributed by atoms with Crippen molar-refractivity contribution in [1.82, 2.24) is 79.6 Å². The second-order valence-electron chi connectivity index (χ2n) is 47.2. The molecule has 9 fully saturated rings. The summed E-state index contributed by atoms with van der Waals surface area (Å²) in [4.78, 5) is 44.6. The first-order valence-corrected chi connectivity index (χ1v) is 52.5. The average Bonchev–Trinajstić information content (AvgIpc) is 1.82. The molecule has 0 saturated carbocycles. The number of carbonyl (C=O) groups is 1. The minimum atomic E-state index is 0.0578. The summed E-state index contributed by atoms with van der Waals surface area (Å²) < 4.78 is 0. The van der Waals surface area contributed by atoms with E-state index in [4.69, 9.17) is 5.73 Å². The largest absolute Gasteiger partial charge is 0.396 e. The lowest BCUT2D eigenvalue weighted by molar-refractivity contribution is -0.118. The van der Waals surface area contributed by atoms with Crippen molar-refractivity contribution in [3.05, 3.63) is 0 Å². The van der Waals surface area contributed by atoms with Crippen molar-refractivity contribution in [2.24, 2.45) is 70.8 Å². The van der Waals surface area contributed by atoms with Gasteiger partial charge < -0.3 is 36.6 Å². The zero-order valence-electron chi connectivity index (χ0n) is 92.4. The van der Waals surface area contributed by atoms with E-state index in [0.29, 0.717) is 164 Å². The Morgan fingerprint density at radius 2 is 0.600 bits per heavy atom. The second-order valence-corrected chi connectivity index (χ2v) is 47.2. The van der Waals surface area contributed by atoms with Crippen LogP contribution in [0.5, 0.6) is 0 Å². The van der Waals surface area contributed by atoms with Gasteiger partial charge in [0, 0.05) is 257 Å². The summed E-state index contributed by atoms with van der Waals surface area (Å²) in [6.07, 6.45) is 6.62. The number of piperazine rings is 3. The summed E-state index contributed by atoms with van der Waals surface area (Å²) in [5.74, 6) is 8.85. The van der Waals surface area contributed by atoms with Gasteiger partial charge in [0.05, 0.1) is 12.6 Å². The Bertz CT molecular complexity index is 2510. The van der Waals surface area contributed by atoms with Crippen LogP contribution in [0.1, 0.15) is 323 Å². The van der Waals surface area contributed by atoms with Crippen molar-refractivity contribution < 1.29 is 9.90 Å². The second kappa shape index (κ2) is 61.1. The zero-order chi connectivity index (χ0) is 96.4. The van der Waals surface area contributed by atoms with Crippen LogP contribution in [-0.4, -0.2) is 372 Å². The maximum Gasteiger partial charge on any atom is 0.164 e. The Hall–Kier alpha value is -1.05. The van der Waals surface area contributed by atoms with Gasteiger partial charge >= 0.3 is 0 Å². The molecule has 9 aliphatic rings. The molecule has 0 aromatic rings. The molecule has 17 atom stereocenters. The summed E-state index contributed by atoms with van der Waals surface area (Å²) in [5, 5.41) is 19.5. The molecule has 0 radical (unpaired) electrons. The van der Waals surface area contributed by atoms with Crippen molar-refractivity contribution in [2.75, 3.05) is 153 Å². The lowest BCUT2D eigenvalue weighted by Gasteiger charge is -2.48. The highest BCUT2D eigenvalue weighted by atomic mass is 16.3. The molecule has 19 nitrogen and oxygen atoms in total. The maximum atomic E-state index is 11.5. The summed E-state index contributed by atoms with van der Waals surface area (Å²) in [7, 11) is 8.65. The third-order valence-corrected chi connectivity index (χ3v) is 29.5. The molecule has 6 N–H and O–H groups in total. The van der Waals surface area contributed by atoms with Crippen LogP contribution in [0.25, 0.3) is 0 Å². The van der Waals surface area contributed by atoms with E-state index in [1.165, 1.54) is 124 Å². The quantitative estimate of drug-likeness (QED) is 0.0507. The first-order valence-electron chi connectivity index (χ1n) is 52.5. The number of Topliss-reactive ketones (excluding diaryl/α,β-unsaturated/α-hetero) is 1. The monoisotopic (exact) mass is 1770 g/mol. The van der Waals surface area contributed by atoms with Crippen molar-refractivity contribution in [1.29, 1.82) is 0 Å². The van der Waals surface area contributed by atoms with Crippen LogP contribution in [0.15, 0.2) is 0 Å². The van der Waals surface area contributed by atoms with Crippen molar-refractivity contribution in [3.8, 4) is 0 Å². The summed E-state index contributed by atoms with van der Waals surface area (Å²) >= 11 is 0. The standard InChI is InChI=1S/C13H28N2.5C12H26N2.C12H25NO.C11H24N2.C10H20N2O/c1-10(2)7-12-8-15(11(3)4)9-13(12)14(5)6;2*1-9(2)13-7-11(5)14(10(3)4)12(6)8-13;2*1-9(2)6-11-7-14(10(3)4)8-12(11)13-5;1-9(2)13-7-8-14(10(3)4)12(6)11(13)5;1-9(2)5-11-6-13(10(3)4)7-12(11)8-14;1-8(2)5-10-6-13(9(3)4)7-11(10)12;1-7(2)11-9-5-12(8(3)4)6-10(9)13/h10-13H,7-9H2,1-6H3;2*9-12H,7-8H2,1-6H3;2*9-13H,6-8H2,1-5H3;9-12H,7-8H2,1-6H3;9-12,14H,5-8H2,1-4H3;8-11H,5-7,12H2,1-4H3;7-9,11H,5-6H2,1-4H3/t12-,13+;3*11-,12+;11-,12-;11-,12+;11-,12-;10-,11+;9-/m0..00.000/s1. The average molecular weight is 1770 g/mol.